The van der Waals surface area contributed by atoms with E-state index in [1.54, 1.807) is 60.7 Å². The molecule has 1 aromatic heterocycles. The van der Waals surface area contributed by atoms with E-state index in [0.717, 1.165) is 0 Å². The van der Waals surface area contributed by atoms with E-state index in [-0.39, 0.29) is 23.6 Å². The molecule has 1 fully saturated rings. The molecule has 3 aromatic rings. The fraction of sp³-hybridized carbons (Fsp3) is 0.148. The standard InChI is InChI=1S/C27H23N5O4/c33-24(17-11-13-28-14-12-17)29-19-6-4-7-20(16-19)30-25(34)18-5-3-8-21(15-18)32-27(36)23-10-2-1-9-22(23)26(35)31-32/h1-8,11-16,22-23H,9-10H2,(H,29,33)(H,30,34)(H,31,35). The van der Waals surface area contributed by atoms with E-state index in [4.69, 9.17) is 0 Å². The number of hydrogen-bond acceptors (Lipinski definition) is 5. The number of allylic oxidation sites excluding steroid dienone is 2. The van der Waals surface area contributed by atoms with Crippen molar-refractivity contribution in [3.63, 3.8) is 0 Å². The second-order valence-corrected chi connectivity index (χ2v) is 8.58. The summed E-state index contributed by atoms with van der Waals surface area (Å²) in [6.45, 7) is 0. The quantitative estimate of drug-likeness (QED) is 0.482. The van der Waals surface area contributed by atoms with Crippen molar-refractivity contribution in [2.24, 2.45) is 11.8 Å². The Morgan fingerprint density at radius 2 is 1.44 bits per heavy atom. The highest BCUT2D eigenvalue weighted by Gasteiger charge is 2.42. The van der Waals surface area contributed by atoms with E-state index in [1.165, 1.54) is 17.4 Å². The number of amides is 4. The highest BCUT2D eigenvalue weighted by atomic mass is 16.2. The van der Waals surface area contributed by atoms with Gasteiger partial charge in [-0.2, -0.15) is 0 Å². The summed E-state index contributed by atoms with van der Waals surface area (Å²) < 4.78 is 0. The minimum Gasteiger partial charge on any atom is -0.322 e. The van der Waals surface area contributed by atoms with Gasteiger partial charge >= 0.3 is 0 Å². The topological polar surface area (TPSA) is 120 Å². The molecule has 1 saturated heterocycles. The maximum atomic E-state index is 13.0. The minimum atomic E-state index is -0.411. The van der Waals surface area contributed by atoms with Crippen LogP contribution in [-0.2, 0) is 9.59 Å². The molecule has 0 spiro atoms. The van der Waals surface area contributed by atoms with Crippen LogP contribution >= 0.6 is 0 Å². The summed E-state index contributed by atoms with van der Waals surface area (Å²) in [5, 5.41) is 6.83. The van der Waals surface area contributed by atoms with Gasteiger partial charge in [-0.25, -0.2) is 5.01 Å². The zero-order valence-electron chi connectivity index (χ0n) is 19.2. The first-order valence-corrected chi connectivity index (χ1v) is 11.5. The number of rotatable bonds is 5. The van der Waals surface area contributed by atoms with Crippen LogP contribution in [0.15, 0.2) is 85.2 Å². The Hall–Kier alpha value is -4.79. The molecule has 9 heteroatoms. The largest absolute Gasteiger partial charge is 0.322 e. The second kappa shape index (κ2) is 9.83. The summed E-state index contributed by atoms with van der Waals surface area (Å²) in [7, 11) is 0. The molecule has 2 atom stereocenters. The van der Waals surface area contributed by atoms with Crippen LogP contribution < -0.4 is 21.1 Å². The van der Waals surface area contributed by atoms with Crippen LogP contribution in [-0.4, -0.2) is 28.6 Å². The molecule has 5 rings (SSSR count). The lowest BCUT2D eigenvalue weighted by Crippen LogP contribution is -2.59. The van der Waals surface area contributed by atoms with Crippen molar-refractivity contribution in [2.75, 3.05) is 15.6 Å². The average molecular weight is 482 g/mol. The fourth-order valence-electron chi connectivity index (χ4n) is 4.35. The third-order valence-electron chi connectivity index (χ3n) is 6.22. The molecule has 2 heterocycles. The smallest absolute Gasteiger partial charge is 0.255 e. The van der Waals surface area contributed by atoms with Gasteiger partial charge in [-0.15, -0.1) is 0 Å². The van der Waals surface area contributed by atoms with E-state index in [1.807, 2.05) is 12.2 Å². The second-order valence-electron chi connectivity index (χ2n) is 8.58. The van der Waals surface area contributed by atoms with Gasteiger partial charge < -0.3 is 10.6 Å². The van der Waals surface area contributed by atoms with Crippen molar-refractivity contribution in [3.8, 4) is 0 Å². The molecule has 0 radical (unpaired) electrons. The van der Waals surface area contributed by atoms with E-state index < -0.39 is 11.8 Å². The molecule has 2 aliphatic rings. The van der Waals surface area contributed by atoms with Crippen LogP contribution in [0.1, 0.15) is 33.6 Å². The third-order valence-corrected chi connectivity index (χ3v) is 6.22. The average Bonchev–Trinajstić information content (AvgIpc) is 2.91. The first-order valence-electron chi connectivity index (χ1n) is 11.5. The molecule has 1 aliphatic heterocycles. The molecular formula is C27H23N5O4. The monoisotopic (exact) mass is 481 g/mol. The number of fused-ring (bicyclic) bond motifs is 1. The molecule has 36 heavy (non-hydrogen) atoms. The Morgan fingerprint density at radius 3 is 2.17 bits per heavy atom. The summed E-state index contributed by atoms with van der Waals surface area (Å²) in [4.78, 5) is 54.9. The Morgan fingerprint density at radius 1 is 0.806 bits per heavy atom. The fourth-order valence-corrected chi connectivity index (χ4v) is 4.35. The predicted octanol–water partition coefficient (Wildman–Crippen LogP) is 3.55. The van der Waals surface area contributed by atoms with Crippen LogP contribution in [0, 0.1) is 11.8 Å². The number of aromatic nitrogens is 1. The van der Waals surface area contributed by atoms with Gasteiger partial charge in [-0.3, -0.25) is 29.6 Å². The Labute approximate surface area is 207 Å². The number of hydrogen-bond donors (Lipinski definition) is 3. The number of anilines is 3. The van der Waals surface area contributed by atoms with Gasteiger partial charge in [0.25, 0.3) is 11.8 Å². The van der Waals surface area contributed by atoms with E-state index in [2.05, 4.69) is 21.0 Å². The van der Waals surface area contributed by atoms with Gasteiger partial charge in [0.15, 0.2) is 0 Å². The SMILES string of the molecule is O=C(Nc1cccc(NC(=O)c2cccc(N3NC(=O)C4CC=CCC4C3=O)c2)c1)c1ccncc1. The molecule has 4 amide bonds. The maximum absolute atomic E-state index is 13.0. The van der Waals surface area contributed by atoms with Crippen molar-refractivity contribution < 1.29 is 19.2 Å². The molecule has 9 nitrogen and oxygen atoms in total. The molecule has 0 saturated carbocycles. The van der Waals surface area contributed by atoms with Crippen molar-refractivity contribution in [3.05, 3.63) is 96.3 Å². The summed E-state index contributed by atoms with van der Waals surface area (Å²) in [6, 6.07) is 16.5. The molecule has 3 N–H and O–H groups in total. The van der Waals surface area contributed by atoms with E-state index >= 15 is 0 Å². The number of pyridine rings is 1. The number of hydrazine groups is 1. The number of nitrogens with zero attached hydrogens (tertiary/aromatic N) is 2. The molecule has 2 unspecified atom stereocenters. The van der Waals surface area contributed by atoms with Gasteiger partial charge in [-0.1, -0.05) is 24.3 Å². The predicted molar refractivity (Wildman–Crippen MR) is 134 cm³/mol. The zero-order chi connectivity index (χ0) is 25.1. The minimum absolute atomic E-state index is 0.195. The number of carbonyl (C=O) groups excluding carboxylic acids is 4. The van der Waals surface area contributed by atoms with Crippen LogP contribution in [0.3, 0.4) is 0 Å². The lowest BCUT2D eigenvalue weighted by atomic mass is 9.80. The van der Waals surface area contributed by atoms with Crippen molar-refractivity contribution in [1.29, 1.82) is 0 Å². The molecule has 2 aromatic carbocycles. The number of nitrogens with one attached hydrogen (secondary N) is 3. The molecule has 0 bridgehead atoms. The maximum Gasteiger partial charge on any atom is 0.255 e. The third kappa shape index (κ3) is 4.72. The summed E-state index contributed by atoms with van der Waals surface area (Å²) in [5.74, 6) is -1.87. The highest BCUT2D eigenvalue weighted by Crippen LogP contribution is 2.32. The van der Waals surface area contributed by atoms with Crippen molar-refractivity contribution >= 4 is 40.7 Å². The highest BCUT2D eigenvalue weighted by molar-refractivity contribution is 6.08. The molecule has 180 valence electrons. The lowest BCUT2D eigenvalue weighted by molar-refractivity contribution is -0.139. The van der Waals surface area contributed by atoms with Gasteiger partial charge in [0.05, 0.1) is 17.5 Å². The van der Waals surface area contributed by atoms with Crippen LogP contribution in [0.25, 0.3) is 0 Å². The van der Waals surface area contributed by atoms with Crippen LogP contribution in [0.4, 0.5) is 17.1 Å². The normalized spacial score (nSPS) is 18.7. The van der Waals surface area contributed by atoms with Crippen molar-refractivity contribution in [2.45, 2.75) is 12.8 Å². The van der Waals surface area contributed by atoms with Crippen LogP contribution in [0.2, 0.25) is 0 Å². The van der Waals surface area contributed by atoms with Gasteiger partial charge in [0.1, 0.15) is 0 Å². The van der Waals surface area contributed by atoms with Crippen LogP contribution in [0.5, 0.6) is 0 Å². The summed E-state index contributed by atoms with van der Waals surface area (Å²) in [6.07, 6.45) is 7.98. The van der Waals surface area contributed by atoms with Crippen molar-refractivity contribution in [1.82, 2.24) is 10.4 Å². The first-order chi connectivity index (χ1) is 17.5. The Balaban J connectivity index is 1.29. The zero-order valence-corrected chi connectivity index (χ0v) is 19.2. The van der Waals surface area contributed by atoms with E-state index in [9.17, 15) is 19.2 Å². The van der Waals surface area contributed by atoms with Gasteiger partial charge in [0, 0.05) is 34.9 Å². The summed E-state index contributed by atoms with van der Waals surface area (Å²) >= 11 is 0. The number of benzene rings is 2. The first kappa shape index (κ1) is 23.0. The van der Waals surface area contributed by atoms with Gasteiger partial charge in [0.2, 0.25) is 11.8 Å². The van der Waals surface area contributed by atoms with Gasteiger partial charge in [-0.05, 0) is 61.4 Å². The number of carbonyl (C=O) groups is 4. The summed E-state index contributed by atoms with van der Waals surface area (Å²) in [5.41, 5.74) is 4.86. The molecule has 1 aliphatic carbocycles. The van der Waals surface area contributed by atoms with E-state index in [0.29, 0.717) is 41.0 Å². The Bertz CT molecular complexity index is 1370. The lowest BCUT2D eigenvalue weighted by Gasteiger charge is -2.38. The Kier molecular flexibility index (Phi) is 6.27. The molecular weight excluding hydrogens is 458 g/mol.